The van der Waals surface area contributed by atoms with E-state index in [0.29, 0.717) is 25.7 Å². The Labute approximate surface area is 548 Å². The fraction of sp³-hybridized carbons (Fsp3) is 0.887. The summed E-state index contributed by atoms with van der Waals surface area (Å²) < 4.78 is 68.2. The van der Waals surface area contributed by atoms with Crippen LogP contribution in [-0.4, -0.2) is 96.7 Å². The summed E-state index contributed by atoms with van der Waals surface area (Å²) in [5, 5.41) is 10.6. The Morgan fingerprint density at radius 3 is 0.989 bits per heavy atom. The van der Waals surface area contributed by atoms with Gasteiger partial charge in [-0.15, -0.1) is 0 Å². The maximum absolute atomic E-state index is 13.0. The number of hydrogen-bond donors (Lipinski definition) is 3. The highest BCUT2D eigenvalue weighted by molar-refractivity contribution is 7.47. The van der Waals surface area contributed by atoms with Crippen molar-refractivity contribution in [1.82, 2.24) is 0 Å². The molecule has 0 aliphatic carbocycles. The molecule has 4 unspecified atom stereocenters. The van der Waals surface area contributed by atoms with Gasteiger partial charge in [-0.1, -0.05) is 278 Å². The number of phosphoric ester groups is 2. The van der Waals surface area contributed by atoms with Crippen LogP contribution in [0.5, 0.6) is 0 Å². The van der Waals surface area contributed by atoms with E-state index in [0.717, 1.165) is 133 Å². The van der Waals surface area contributed by atoms with Crippen molar-refractivity contribution in [3.8, 4) is 0 Å². The van der Waals surface area contributed by atoms with Crippen molar-refractivity contribution in [2.75, 3.05) is 39.6 Å². The van der Waals surface area contributed by atoms with Crippen LogP contribution in [0, 0.1) is 17.8 Å². The second-order valence-corrected chi connectivity index (χ2v) is 28.8. The summed E-state index contributed by atoms with van der Waals surface area (Å²) in [7, 11) is -9.91. The van der Waals surface area contributed by atoms with Gasteiger partial charge in [0.05, 0.1) is 26.4 Å². The second kappa shape index (κ2) is 61.4. The average Bonchev–Trinajstić information content (AvgIpc) is 3.33. The standard InChI is InChI=1S/C71H134O17P2/c1-8-11-12-13-14-15-16-17-18-19-23-26-29-38-45-52-68(73)81-58-66(87-70(75)54-47-40-30-27-24-21-20-22-25-28-35-42-49-62(4)5)60-85-89(77,78)83-56-65(72)57-84-90(79,80)86-61-67(88-71(76)55-48-41-34-32-37-44-51-64(7)10-3)59-82-69(74)53-46-39-33-31-36-43-50-63(6)9-2/h15-18,62-67,72H,8-14,19-61H2,1-7H3,(H,77,78)(H,79,80)/b16-15-,18-17-/t63?,64?,65-,66-,67-/m1/s1. The van der Waals surface area contributed by atoms with Crippen molar-refractivity contribution in [2.24, 2.45) is 17.8 Å². The molecule has 0 aromatic rings. The second-order valence-electron chi connectivity index (χ2n) is 25.9. The highest BCUT2D eigenvalue weighted by Gasteiger charge is 2.30. The Hall–Kier alpha value is -2.46. The fourth-order valence-electron chi connectivity index (χ4n) is 10.1. The number of phosphoric acid groups is 2. The third-order valence-electron chi connectivity index (χ3n) is 16.5. The number of aliphatic hydroxyl groups excluding tert-OH is 1. The molecule has 3 N–H and O–H groups in total. The summed E-state index contributed by atoms with van der Waals surface area (Å²) >= 11 is 0. The zero-order valence-electron chi connectivity index (χ0n) is 58.1. The highest BCUT2D eigenvalue weighted by atomic mass is 31.2. The Balaban J connectivity index is 5.29. The van der Waals surface area contributed by atoms with Crippen LogP contribution in [0.4, 0.5) is 0 Å². The van der Waals surface area contributed by atoms with Crippen molar-refractivity contribution in [3.05, 3.63) is 24.3 Å². The van der Waals surface area contributed by atoms with Crippen molar-refractivity contribution < 1.29 is 80.2 Å². The summed E-state index contributed by atoms with van der Waals surface area (Å²) in [6.45, 7) is 11.7. The van der Waals surface area contributed by atoms with Crippen molar-refractivity contribution >= 4 is 39.5 Å². The van der Waals surface area contributed by atoms with Crippen molar-refractivity contribution in [2.45, 2.75) is 349 Å². The first-order valence-corrected chi connectivity index (χ1v) is 39.2. The predicted molar refractivity (Wildman–Crippen MR) is 363 cm³/mol. The molecule has 0 aromatic heterocycles. The van der Waals surface area contributed by atoms with Crippen LogP contribution in [0.3, 0.4) is 0 Å². The summed E-state index contributed by atoms with van der Waals surface area (Å²) in [4.78, 5) is 72.5. The van der Waals surface area contributed by atoms with Gasteiger partial charge in [-0.3, -0.25) is 37.3 Å². The van der Waals surface area contributed by atoms with Gasteiger partial charge in [0.1, 0.15) is 19.3 Å². The molecule has 530 valence electrons. The van der Waals surface area contributed by atoms with Gasteiger partial charge in [0.2, 0.25) is 0 Å². The first-order valence-electron chi connectivity index (χ1n) is 36.2. The molecular formula is C71H134O17P2. The van der Waals surface area contributed by atoms with Crippen LogP contribution >= 0.6 is 15.6 Å². The first-order chi connectivity index (χ1) is 43.3. The lowest BCUT2D eigenvalue weighted by Gasteiger charge is -2.21. The number of hydrogen-bond acceptors (Lipinski definition) is 15. The number of allylic oxidation sites excluding steroid dienone is 4. The summed E-state index contributed by atoms with van der Waals surface area (Å²) in [6.07, 6.45) is 48.1. The summed E-state index contributed by atoms with van der Waals surface area (Å²) in [5.74, 6) is 0.0623. The Morgan fingerprint density at radius 2 is 0.656 bits per heavy atom. The lowest BCUT2D eigenvalue weighted by atomic mass is 10.00. The minimum Gasteiger partial charge on any atom is -0.462 e. The number of aliphatic hydroxyl groups is 1. The molecule has 17 nitrogen and oxygen atoms in total. The van der Waals surface area contributed by atoms with Crippen molar-refractivity contribution in [1.29, 1.82) is 0 Å². The van der Waals surface area contributed by atoms with E-state index in [4.69, 9.17) is 37.0 Å². The molecule has 0 bridgehead atoms. The Bertz CT molecular complexity index is 1860. The van der Waals surface area contributed by atoms with Crippen LogP contribution in [0.25, 0.3) is 0 Å². The van der Waals surface area contributed by atoms with Crippen LogP contribution in [0.2, 0.25) is 0 Å². The van der Waals surface area contributed by atoms with Gasteiger partial charge in [0.25, 0.3) is 0 Å². The number of esters is 4. The lowest BCUT2D eigenvalue weighted by Crippen LogP contribution is -2.30. The molecule has 0 aliphatic heterocycles. The van der Waals surface area contributed by atoms with E-state index in [1.54, 1.807) is 0 Å². The minimum absolute atomic E-state index is 0.0993. The third-order valence-corrected chi connectivity index (χ3v) is 18.4. The van der Waals surface area contributed by atoms with Crippen LogP contribution in [0.1, 0.15) is 331 Å². The normalized spacial score (nSPS) is 15.0. The maximum atomic E-state index is 13.0. The molecule has 0 aliphatic rings. The SMILES string of the molecule is CCCCCC/C=C\C=C/CCCCCCCC(=O)OC[C@H](COP(=O)(O)OC[C@@H](O)COP(=O)(O)OC[C@@H](COC(=O)CCCCCCCCC(C)CC)OC(=O)CCCCCCCCC(C)CC)OC(=O)CCCCCCCCCCCCCCC(C)C. The molecule has 0 heterocycles. The van der Waals surface area contributed by atoms with E-state index in [1.165, 1.54) is 116 Å². The number of unbranched alkanes of at least 4 members (excludes halogenated alkanes) is 30. The van der Waals surface area contributed by atoms with Gasteiger partial charge in [-0.25, -0.2) is 9.13 Å². The van der Waals surface area contributed by atoms with Gasteiger partial charge in [0.15, 0.2) is 12.2 Å². The largest absolute Gasteiger partial charge is 0.472 e. The van der Waals surface area contributed by atoms with Crippen LogP contribution in [0.15, 0.2) is 24.3 Å². The molecule has 0 amide bonds. The predicted octanol–water partition coefficient (Wildman–Crippen LogP) is 19.8. The minimum atomic E-state index is -4.96. The number of carbonyl (C=O) groups is 4. The topological polar surface area (TPSA) is 237 Å². The molecule has 0 aromatic carbocycles. The molecule has 0 saturated carbocycles. The molecule has 7 atom stereocenters. The Kier molecular flexibility index (Phi) is 59.7. The van der Waals surface area contributed by atoms with E-state index in [9.17, 15) is 43.2 Å². The monoisotopic (exact) mass is 1320 g/mol. The smallest absolute Gasteiger partial charge is 0.462 e. The molecule has 19 heteroatoms. The zero-order valence-corrected chi connectivity index (χ0v) is 59.9. The average molecular weight is 1320 g/mol. The molecule has 0 radical (unpaired) electrons. The van der Waals surface area contributed by atoms with Crippen LogP contribution in [-0.2, 0) is 65.4 Å². The number of ether oxygens (including phenoxy) is 4. The van der Waals surface area contributed by atoms with E-state index in [1.807, 2.05) is 0 Å². The molecular weight excluding hydrogens is 1190 g/mol. The van der Waals surface area contributed by atoms with Gasteiger partial charge in [-0.05, 0) is 69.1 Å². The molecule has 0 fully saturated rings. The molecule has 0 rings (SSSR count). The zero-order chi connectivity index (χ0) is 66.6. The van der Waals surface area contributed by atoms with Gasteiger partial charge < -0.3 is 33.8 Å². The number of carbonyl (C=O) groups excluding carboxylic acids is 4. The molecule has 90 heavy (non-hydrogen) atoms. The third kappa shape index (κ3) is 61.7. The first kappa shape index (κ1) is 87.5. The van der Waals surface area contributed by atoms with E-state index < -0.39 is 97.5 Å². The summed E-state index contributed by atoms with van der Waals surface area (Å²) in [6, 6.07) is 0. The van der Waals surface area contributed by atoms with Gasteiger partial charge in [-0.2, -0.15) is 0 Å². The number of rotatable bonds is 67. The quantitative estimate of drug-likeness (QED) is 0.0169. The van der Waals surface area contributed by atoms with Gasteiger partial charge >= 0.3 is 39.5 Å². The fourth-order valence-corrected chi connectivity index (χ4v) is 11.7. The van der Waals surface area contributed by atoms with E-state index in [2.05, 4.69) is 72.8 Å². The lowest BCUT2D eigenvalue weighted by molar-refractivity contribution is -0.161. The van der Waals surface area contributed by atoms with E-state index >= 15 is 0 Å². The highest BCUT2D eigenvalue weighted by Crippen LogP contribution is 2.45. The van der Waals surface area contributed by atoms with E-state index in [-0.39, 0.29) is 25.7 Å². The van der Waals surface area contributed by atoms with Crippen molar-refractivity contribution in [3.63, 3.8) is 0 Å². The molecule has 0 spiro atoms. The maximum Gasteiger partial charge on any atom is 0.472 e. The summed E-state index contributed by atoms with van der Waals surface area (Å²) in [5.41, 5.74) is 0. The van der Waals surface area contributed by atoms with Gasteiger partial charge in [0, 0.05) is 25.7 Å². The Morgan fingerprint density at radius 1 is 0.367 bits per heavy atom. The van der Waals surface area contributed by atoms with Crippen LogP contribution < -0.4 is 0 Å². The molecule has 0 saturated heterocycles.